The Morgan fingerprint density at radius 2 is 1.31 bits per heavy atom. The standard InChI is InChI=1S/C25H44O3S/c1-19(2)9-6-10-20(3)11-7-12-21(4)13-8-14-22(5)17-18-28-24-16-15-23(29-24)25(26)27/h15-16,19-22H,6-14,17-18H2,1-5H3,(H,26,27). The smallest absolute Gasteiger partial charge is 0.345 e. The van der Waals surface area contributed by atoms with Gasteiger partial charge in [0.1, 0.15) is 4.88 Å². The third-order valence-corrected chi connectivity index (χ3v) is 6.90. The van der Waals surface area contributed by atoms with Gasteiger partial charge >= 0.3 is 5.97 Å². The summed E-state index contributed by atoms with van der Waals surface area (Å²) in [5, 5.41) is 9.65. The molecule has 0 aliphatic heterocycles. The van der Waals surface area contributed by atoms with E-state index in [1.807, 2.05) is 0 Å². The van der Waals surface area contributed by atoms with Crippen LogP contribution in [-0.4, -0.2) is 17.7 Å². The molecule has 1 N–H and O–H groups in total. The highest BCUT2D eigenvalue weighted by Gasteiger charge is 2.10. The van der Waals surface area contributed by atoms with Gasteiger partial charge in [-0.1, -0.05) is 104 Å². The molecule has 0 aliphatic rings. The molecule has 0 saturated carbocycles. The lowest BCUT2D eigenvalue weighted by Crippen LogP contribution is -2.05. The molecule has 4 heteroatoms. The Kier molecular flexibility index (Phi) is 13.3. The molecule has 0 amide bonds. The van der Waals surface area contributed by atoms with Crippen LogP contribution in [0.1, 0.15) is 108 Å². The molecule has 168 valence electrons. The summed E-state index contributed by atoms with van der Waals surface area (Å²) in [6.07, 6.45) is 13.2. The normalized spacial score (nSPS) is 14.7. The Hall–Kier alpha value is -1.03. The number of carboxylic acids is 1. The average molecular weight is 425 g/mol. The van der Waals surface area contributed by atoms with E-state index in [-0.39, 0.29) is 0 Å². The van der Waals surface area contributed by atoms with Gasteiger partial charge in [-0.05, 0) is 42.2 Å². The number of aromatic carboxylic acids is 1. The lowest BCUT2D eigenvalue weighted by atomic mass is 9.91. The Labute approximate surface area is 183 Å². The zero-order valence-corrected chi connectivity index (χ0v) is 20.2. The first-order valence-corrected chi connectivity index (χ1v) is 12.6. The minimum atomic E-state index is -0.882. The predicted molar refractivity (Wildman–Crippen MR) is 125 cm³/mol. The zero-order chi connectivity index (χ0) is 21.6. The van der Waals surface area contributed by atoms with Gasteiger partial charge in [-0.2, -0.15) is 0 Å². The van der Waals surface area contributed by atoms with Crippen molar-refractivity contribution >= 4 is 17.3 Å². The van der Waals surface area contributed by atoms with Gasteiger partial charge in [-0.25, -0.2) is 4.79 Å². The van der Waals surface area contributed by atoms with Crippen molar-refractivity contribution in [3.8, 4) is 5.06 Å². The zero-order valence-electron chi connectivity index (χ0n) is 19.4. The highest BCUT2D eigenvalue weighted by molar-refractivity contribution is 7.15. The molecule has 29 heavy (non-hydrogen) atoms. The third kappa shape index (κ3) is 13.0. The van der Waals surface area contributed by atoms with Crippen molar-refractivity contribution in [3.63, 3.8) is 0 Å². The van der Waals surface area contributed by atoms with E-state index in [1.54, 1.807) is 12.1 Å². The number of ether oxygens (including phenoxy) is 1. The second kappa shape index (κ2) is 14.9. The van der Waals surface area contributed by atoms with Gasteiger partial charge in [0, 0.05) is 0 Å². The predicted octanol–water partition coefficient (Wildman–Crippen LogP) is 8.29. The Bertz CT molecular complexity index is 552. The molecule has 0 spiro atoms. The SMILES string of the molecule is CC(C)CCCC(C)CCCC(C)CCCC(C)CCOc1ccc(C(=O)O)s1. The van der Waals surface area contributed by atoms with Crippen LogP contribution < -0.4 is 4.74 Å². The number of carboxylic acid groups (broad SMARTS) is 1. The van der Waals surface area contributed by atoms with Crippen molar-refractivity contribution in [1.29, 1.82) is 0 Å². The van der Waals surface area contributed by atoms with E-state index in [0.717, 1.165) is 24.2 Å². The van der Waals surface area contributed by atoms with Gasteiger partial charge in [-0.3, -0.25) is 0 Å². The number of hydrogen-bond acceptors (Lipinski definition) is 3. The molecule has 1 heterocycles. The van der Waals surface area contributed by atoms with E-state index in [0.29, 0.717) is 22.5 Å². The number of rotatable bonds is 17. The van der Waals surface area contributed by atoms with Crippen molar-refractivity contribution < 1.29 is 14.6 Å². The fourth-order valence-electron chi connectivity index (χ4n) is 3.81. The van der Waals surface area contributed by atoms with Gasteiger partial charge in [-0.15, -0.1) is 0 Å². The minimum Gasteiger partial charge on any atom is -0.484 e. The fraction of sp³-hybridized carbons (Fsp3) is 0.800. The lowest BCUT2D eigenvalue weighted by Gasteiger charge is -2.16. The summed E-state index contributed by atoms with van der Waals surface area (Å²) >= 11 is 1.21. The average Bonchev–Trinajstić information content (AvgIpc) is 3.10. The summed E-state index contributed by atoms with van der Waals surface area (Å²) < 4.78 is 5.71. The molecule has 0 aromatic carbocycles. The monoisotopic (exact) mass is 424 g/mol. The van der Waals surface area contributed by atoms with E-state index in [1.165, 1.54) is 69.1 Å². The van der Waals surface area contributed by atoms with Crippen molar-refractivity contribution in [2.75, 3.05) is 6.61 Å². The fourth-order valence-corrected chi connectivity index (χ4v) is 4.53. The Morgan fingerprint density at radius 3 is 1.76 bits per heavy atom. The summed E-state index contributed by atoms with van der Waals surface area (Å²) in [6.45, 7) is 12.4. The van der Waals surface area contributed by atoms with Gasteiger partial charge in [0.2, 0.25) is 0 Å². The summed E-state index contributed by atoms with van der Waals surface area (Å²) in [7, 11) is 0. The molecule has 3 atom stereocenters. The number of carbonyl (C=O) groups is 1. The van der Waals surface area contributed by atoms with E-state index in [4.69, 9.17) is 9.84 Å². The first-order valence-electron chi connectivity index (χ1n) is 11.7. The maximum atomic E-state index is 10.9. The van der Waals surface area contributed by atoms with Crippen molar-refractivity contribution in [2.24, 2.45) is 23.7 Å². The second-order valence-electron chi connectivity index (χ2n) is 9.56. The van der Waals surface area contributed by atoms with E-state index in [9.17, 15) is 4.79 Å². The molecule has 0 radical (unpaired) electrons. The molecule has 0 saturated heterocycles. The lowest BCUT2D eigenvalue weighted by molar-refractivity contribution is 0.0702. The van der Waals surface area contributed by atoms with Crippen molar-refractivity contribution in [3.05, 3.63) is 17.0 Å². The molecular formula is C25H44O3S. The molecule has 1 aromatic rings. The van der Waals surface area contributed by atoms with Crippen molar-refractivity contribution in [2.45, 2.75) is 98.8 Å². The largest absolute Gasteiger partial charge is 0.484 e. The van der Waals surface area contributed by atoms with Crippen LogP contribution in [0.5, 0.6) is 5.06 Å². The van der Waals surface area contributed by atoms with E-state index >= 15 is 0 Å². The number of hydrogen-bond donors (Lipinski definition) is 1. The van der Waals surface area contributed by atoms with Crippen LogP contribution in [0.2, 0.25) is 0 Å². The molecule has 0 aliphatic carbocycles. The molecule has 0 bridgehead atoms. The van der Waals surface area contributed by atoms with E-state index in [2.05, 4.69) is 34.6 Å². The molecule has 0 fully saturated rings. The Balaban J connectivity index is 2.02. The minimum absolute atomic E-state index is 0.340. The van der Waals surface area contributed by atoms with Crippen LogP contribution >= 0.6 is 11.3 Å². The van der Waals surface area contributed by atoms with Crippen LogP contribution in [-0.2, 0) is 0 Å². The molecule has 3 unspecified atom stereocenters. The first kappa shape index (κ1) is 26.0. The second-order valence-corrected chi connectivity index (χ2v) is 10.6. The summed E-state index contributed by atoms with van der Waals surface area (Å²) in [4.78, 5) is 11.2. The van der Waals surface area contributed by atoms with Gasteiger partial charge in [0.15, 0.2) is 5.06 Å². The highest BCUT2D eigenvalue weighted by Crippen LogP contribution is 2.26. The first-order chi connectivity index (χ1) is 13.8. The van der Waals surface area contributed by atoms with Gasteiger partial charge < -0.3 is 9.84 Å². The van der Waals surface area contributed by atoms with Crippen LogP contribution in [0.15, 0.2) is 12.1 Å². The van der Waals surface area contributed by atoms with Gasteiger partial charge in [0.05, 0.1) is 6.61 Å². The summed E-state index contributed by atoms with van der Waals surface area (Å²) in [6, 6.07) is 3.37. The number of thiophene rings is 1. The molecule has 1 rings (SSSR count). The Morgan fingerprint density at radius 1 is 0.828 bits per heavy atom. The summed E-state index contributed by atoms with van der Waals surface area (Å²) in [5.74, 6) is 2.34. The van der Waals surface area contributed by atoms with E-state index < -0.39 is 5.97 Å². The molecule has 1 aromatic heterocycles. The topological polar surface area (TPSA) is 46.5 Å². The highest BCUT2D eigenvalue weighted by atomic mass is 32.1. The van der Waals surface area contributed by atoms with Crippen LogP contribution in [0.25, 0.3) is 0 Å². The maximum Gasteiger partial charge on any atom is 0.345 e. The quantitative estimate of drug-likeness (QED) is 0.273. The maximum absolute atomic E-state index is 10.9. The van der Waals surface area contributed by atoms with Crippen molar-refractivity contribution in [1.82, 2.24) is 0 Å². The molecular weight excluding hydrogens is 380 g/mol. The third-order valence-electron chi connectivity index (χ3n) is 5.91. The molecule has 3 nitrogen and oxygen atoms in total. The van der Waals surface area contributed by atoms with Crippen LogP contribution in [0.4, 0.5) is 0 Å². The van der Waals surface area contributed by atoms with Crippen LogP contribution in [0.3, 0.4) is 0 Å². The summed E-state index contributed by atoms with van der Waals surface area (Å²) in [5.41, 5.74) is 0. The van der Waals surface area contributed by atoms with Crippen LogP contribution in [0, 0.1) is 23.7 Å². The van der Waals surface area contributed by atoms with Gasteiger partial charge in [0.25, 0.3) is 0 Å².